The Morgan fingerprint density at radius 2 is 1.49 bits per heavy atom. The summed E-state index contributed by atoms with van der Waals surface area (Å²) < 4.78 is 76.5. The first kappa shape index (κ1) is 41.0. The lowest BCUT2D eigenvalue weighted by molar-refractivity contribution is -0.0494. The Balaban J connectivity index is 1.66. The molecule has 1 aromatic heterocycles. The molecule has 0 spiro atoms. The summed E-state index contributed by atoms with van der Waals surface area (Å²) in [6.45, 7) is 10.6. The van der Waals surface area contributed by atoms with Gasteiger partial charge in [-0.1, -0.05) is 80.4 Å². The molecule has 4 aromatic rings. The standard InChI is InChI=1S/C38H44Cl2F3N3O5SSi/c1-36(2,3)53(5,6)51-21-7-8-25-22-28(37(47,26-9-13-29(39)14-10-26)27-11-15-30(40)16-12-27)23-32-33(24-34(50-4)45-35(25)32)44-31-17-19-46(20-18-31)52(48,49)38(41,42)43/h7-16,22-24,31,47H,17-21H2,1-6H3,(H,44,45)/b8-7+. The van der Waals surface area contributed by atoms with Crippen LogP contribution >= 0.6 is 23.2 Å². The normalized spacial score (nSPS) is 15.7. The molecule has 0 atom stereocenters. The third-order valence-electron chi connectivity index (χ3n) is 10.2. The number of piperidine rings is 1. The number of methoxy groups -OCH3 is 1. The van der Waals surface area contributed by atoms with Gasteiger partial charge < -0.3 is 19.6 Å². The second kappa shape index (κ2) is 15.5. The highest BCUT2D eigenvalue weighted by Crippen LogP contribution is 2.42. The summed E-state index contributed by atoms with van der Waals surface area (Å²) in [5.41, 5.74) is -3.80. The Morgan fingerprint density at radius 3 is 1.98 bits per heavy atom. The summed E-state index contributed by atoms with van der Waals surface area (Å²) in [6, 6.07) is 18.8. The van der Waals surface area contributed by atoms with E-state index in [9.17, 15) is 26.7 Å². The average Bonchev–Trinajstić information content (AvgIpc) is 3.09. The summed E-state index contributed by atoms with van der Waals surface area (Å²) >= 11 is 12.5. The van der Waals surface area contributed by atoms with E-state index in [1.807, 2.05) is 24.3 Å². The molecule has 0 amide bonds. The Bertz CT molecular complexity index is 2020. The lowest BCUT2D eigenvalue weighted by Crippen LogP contribution is -2.47. The first-order valence-corrected chi connectivity index (χ1v) is 22.2. The number of fused-ring (bicyclic) bond motifs is 1. The van der Waals surface area contributed by atoms with E-state index in [0.717, 1.165) is 0 Å². The van der Waals surface area contributed by atoms with E-state index < -0.39 is 29.5 Å². The van der Waals surface area contributed by atoms with Crippen LogP contribution in [0.15, 0.2) is 72.8 Å². The zero-order chi connectivity index (χ0) is 39.0. The number of pyridine rings is 1. The van der Waals surface area contributed by atoms with Crippen molar-refractivity contribution in [3.8, 4) is 5.88 Å². The highest BCUT2D eigenvalue weighted by molar-refractivity contribution is 7.90. The van der Waals surface area contributed by atoms with Gasteiger partial charge in [-0.2, -0.15) is 17.5 Å². The minimum absolute atomic E-state index is 0.00365. The van der Waals surface area contributed by atoms with Crippen molar-refractivity contribution in [3.63, 3.8) is 0 Å². The molecule has 0 radical (unpaired) electrons. The fraction of sp³-hybridized carbons (Fsp3) is 0.395. The number of nitrogens with one attached hydrogen (secondary N) is 1. The van der Waals surface area contributed by atoms with E-state index in [-0.39, 0.29) is 42.9 Å². The molecule has 0 unspecified atom stereocenters. The first-order valence-electron chi connectivity index (χ1n) is 17.1. The van der Waals surface area contributed by atoms with Gasteiger partial charge in [-0.15, -0.1) is 0 Å². The zero-order valence-corrected chi connectivity index (χ0v) is 33.7. The molecule has 1 aliphatic heterocycles. The van der Waals surface area contributed by atoms with Crippen molar-refractivity contribution in [1.29, 1.82) is 0 Å². The predicted octanol–water partition coefficient (Wildman–Crippen LogP) is 9.60. The Labute approximate surface area is 320 Å². The highest BCUT2D eigenvalue weighted by atomic mass is 35.5. The molecule has 5 rings (SSSR count). The minimum atomic E-state index is -5.44. The van der Waals surface area contributed by atoms with Gasteiger partial charge in [-0.3, -0.25) is 0 Å². The van der Waals surface area contributed by atoms with Crippen LogP contribution in [0.1, 0.15) is 55.9 Å². The molecule has 2 N–H and O–H groups in total. The number of hydrogen-bond donors (Lipinski definition) is 2. The number of alkyl halides is 3. The maximum absolute atomic E-state index is 13.3. The van der Waals surface area contributed by atoms with Crippen molar-refractivity contribution < 1.29 is 35.9 Å². The van der Waals surface area contributed by atoms with E-state index in [1.54, 1.807) is 54.6 Å². The highest BCUT2D eigenvalue weighted by Gasteiger charge is 2.50. The monoisotopic (exact) mass is 809 g/mol. The Morgan fingerprint density at radius 1 is 0.943 bits per heavy atom. The van der Waals surface area contributed by atoms with Crippen LogP contribution in [0.5, 0.6) is 5.88 Å². The molecular formula is C38H44Cl2F3N3O5SSi. The van der Waals surface area contributed by atoms with Gasteiger partial charge >= 0.3 is 15.5 Å². The number of ether oxygens (including phenoxy) is 1. The molecule has 15 heteroatoms. The van der Waals surface area contributed by atoms with Gasteiger partial charge in [-0.05, 0) is 84.1 Å². The number of halogens is 5. The molecule has 1 fully saturated rings. The van der Waals surface area contributed by atoms with E-state index in [2.05, 4.69) is 39.2 Å². The van der Waals surface area contributed by atoms with Gasteiger partial charge in [0.25, 0.3) is 0 Å². The summed E-state index contributed by atoms with van der Waals surface area (Å²) in [4.78, 5) is 4.80. The second-order valence-corrected chi connectivity index (χ2v) is 22.3. The van der Waals surface area contributed by atoms with Crippen molar-refractivity contribution in [3.05, 3.63) is 105 Å². The van der Waals surface area contributed by atoms with Crippen molar-refractivity contribution in [2.45, 2.75) is 68.9 Å². The number of nitrogens with zero attached hydrogens (tertiary/aromatic N) is 2. The molecule has 286 valence electrons. The van der Waals surface area contributed by atoms with Crippen LogP contribution in [0.3, 0.4) is 0 Å². The topological polar surface area (TPSA) is 101 Å². The molecule has 3 aromatic carbocycles. The van der Waals surface area contributed by atoms with Crippen LogP contribution in [-0.4, -0.2) is 69.5 Å². The van der Waals surface area contributed by atoms with Crippen molar-refractivity contribution >= 4 is 64.2 Å². The second-order valence-electron chi connectivity index (χ2n) is 14.6. The summed E-state index contributed by atoms with van der Waals surface area (Å²) in [5.74, 6) is 0.280. The molecule has 2 heterocycles. The maximum Gasteiger partial charge on any atom is 0.511 e. The van der Waals surface area contributed by atoms with Gasteiger partial charge in [0, 0.05) is 51.9 Å². The van der Waals surface area contributed by atoms with E-state index in [1.165, 1.54) is 7.11 Å². The van der Waals surface area contributed by atoms with Gasteiger partial charge in [0.05, 0.1) is 19.2 Å². The zero-order valence-electron chi connectivity index (χ0n) is 30.4. The number of aliphatic hydroxyl groups is 1. The van der Waals surface area contributed by atoms with Crippen LogP contribution in [0.4, 0.5) is 18.9 Å². The third kappa shape index (κ3) is 8.72. The first-order chi connectivity index (χ1) is 24.7. The largest absolute Gasteiger partial charge is 0.511 e. The van der Waals surface area contributed by atoms with E-state index in [4.69, 9.17) is 37.3 Å². The summed E-state index contributed by atoms with van der Waals surface area (Å²) in [6.07, 6.45) is 4.05. The number of anilines is 1. The number of sulfonamides is 1. The van der Waals surface area contributed by atoms with Crippen LogP contribution in [0.2, 0.25) is 28.2 Å². The average molecular weight is 811 g/mol. The van der Waals surface area contributed by atoms with E-state index in [0.29, 0.717) is 59.8 Å². The van der Waals surface area contributed by atoms with E-state index >= 15 is 0 Å². The third-order valence-corrected chi connectivity index (χ3v) is 16.8. The van der Waals surface area contributed by atoms with Crippen LogP contribution in [0, 0.1) is 0 Å². The molecule has 0 saturated carbocycles. The fourth-order valence-electron chi connectivity index (χ4n) is 6.03. The van der Waals surface area contributed by atoms with Gasteiger partial charge in [0.1, 0.15) is 5.60 Å². The van der Waals surface area contributed by atoms with Crippen molar-refractivity contribution in [2.75, 3.05) is 32.1 Å². The quantitative estimate of drug-likeness (QED) is 0.115. The van der Waals surface area contributed by atoms with Crippen LogP contribution in [0.25, 0.3) is 17.0 Å². The van der Waals surface area contributed by atoms with Crippen LogP contribution in [-0.2, 0) is 20.1 Å². The fourth-order valence-corrected chi connectivity index (χ4v) is 8.21. The predicted molar refractivity (Wildman–Crippen MR) is 209 cm³/mol. The van der Waals surface area contributed by atoms with Crippen molar-refractivity contribution in [2.24, 2.45) is 0 Å². The summed E-state index contributed by atoms with van der Waals surface area (Å²) in [7, 11) is -6.03. The smallest absolute Gasteiger partial charge is 0.481 e. The van der Waals surface area contributed by atoms with Crippen molar-refractivity contribution in [1.82, 2.24) is 9.29 Å². The molecular weight excluding hydrogens is 766 g/mol. The molecule has 8 nitrogen and oxygen atoms in total. The number of hydrogen-bond acceptors (Lipinski definition) is 7. The van der Waals surface area contributed by atoms with Gasteiger partial charge in [0.15, 0.2) is 8.32 Å². The molecule has 0 aliphatic carbocycles. The maximum atomic E-state index is 13.3. The minimum Gasteiger partial charge on any atom is -0.481 e. The molecule has 0 bridgehead atoms. The van der Waals surface area contributed by atoms with Gasteiger partial charge in [-0.25, -0.2) is 13.4 Å². The van der Waals surface area contributed by atoms with Gasteiger partial charge in [0.2, 0.25) is 5.88 Å². The number of aromatic nitrogens is 1. The number of benzene rings is 3. The lowest BCUT2D eigenvalue weighted by atomic mass is 9.79. The molecule has 1 saturated heterocycles. The SMILES string of the molecule is COc1cc(NC2CCN(S(=O)(=O)C(F)(F)F)CC2)c2cc(C(O)(c3ccc(Cl)cc3)c3ccc(Cl)cc3)cc(/C=C/CO[Si](C)(C)C(C)(C)C)c2n1. The molecule has 1 aliphatic rings. The molecule has 53 heavy (non-hydrogen) atoms. The van der Waals surface area contributed by atoms with Crippen LogP contribution < -0.4 is 10.1 Å². The summed E-state index contributed by atoms with van der Waals surface area (Å²) in [5, 5.41) is 17.9. The number of rotatable bonds is 11. The Kier molecular flexibility index (Phi) is 12.0. The lowest BCUT2D eigenvalue weighted by Gasteiger charge is -2.35. The Hall–Kier alpha value is -3.17.